The van der Waals surface area contributed by atoms with Crippen molar-refractivity contribution in [2.24, 2.45) is 0 Å². The van der Waals surface area contributed by atoms with Crippen LogP contribution in [-0.2, 0) is 4.74 Å². The first-order valence-electron chi connectivity index (χ1n) is 6.78. The van der Waals surface area contributed by atoms with Crippen molar-refractivity contribution < 1.29 is 9.53 Å². The van der Waals surface area contributed by atoms with Crippen molar-refractivity contribution in [3.05, 3.63) is 29.3 Å². The van der Waals surface area contributed by atoms with E-state index in [9.17, 15) is 4.79 Å². The highest BCUT2D eigenvalue weighted by Crippen LogP contribution is 2.55. The lowest BCUT2D eigenvalue weighted by atomic mass is 9.91. The molecule has 2 aliphatic heterocycles. The van der Waals surface area contributed by atoms with Crippen molar-refractivity contribution in [2.45, 2.75) is 51.3 Å². The Morgan fingerprint density at radius 3 is 2.63 bits per heavy atom. The van der Waals surface area contributed by atoms with Gasteiger partial charge < -0.3 is 10.5 Å². The van der Waals surface area contributed by atoms with E-state index in [1.165, 1.54) is 5.56 Å². The van der Waals surface area contributed by atoms with Gasteiger partial charge in [-0.2, -0.15) is 0 Å². The lowest BCUT2D eigenvalue weighted by molar-refractivity contribution is 0.0178. The quantitative estimate of drug-likeness (QED) is 0.727. The summed E-state index contributed by atoms with van der Waals surface area (Å²) in [4.78, 5) is 14.2. The molecule has 0 unspecified atom stereocenters. The summed E-state index contributed by atoms with van der Waals surface area (Å²) in [6.07, 6.45) is 1.75. The standard InChI is InChI=1S/C15H20N2O2/c1-15(2,3)19-14(18)17-11-7-8-12(17)13-9(11)5-4-6-10(13)16/h4-6,11-12H,7-8,16H2,1-3H3/t11-,12-/m1/s1. The van der Waals surface area contributed by atoms with Crippen LogP contribution < -0.4 is 5.73 Å². The van der Waals surface area contributed by atoms with Gasteiger partial charge in [0.15, 0.2) is 0 Å². The highest BCUT2D eigenvalue weighted by atomic mass is 16.6. The molecular weight excluding hydrogens is 240 g/mol. The van der Waals surface area contributed by atoms with Crippen LogP contribution >= 0.6 is 0 Å². The van der Waals surface area contributed by atoms with Gasteiger partial charge in [0.05, 0.1) is 12.1 Å². The van der Waals surface area contributed by atoms with Crippen LogP contribution in [0.4, 0.5) is 10.5 Å². The molecule has 0 aromatic heterocycles. The number of nitrogen functional groups attached to an aromatic ring is 1. The SMILES string of the molecule is CC(C)(C)OC(=O)N1[C@@H]2CC[C@@H]1c1c(N)cccc12. The Morgan fingerprint density at radius 2 is 2.00 bits per heavy atom. The maximum Gasteiger partial charge on any atom is 0.411 e. The average molecular weight is 260 g/mol. The number of benzene rings is 1. The molecule has 1 fully saturated rings. The maximum absolute atomic E-state index is 12.4. The summed E-state index contributed by atoms with van der Waals surface area (Å²) in [5, 5.41) is 0. The molecule has 0 radical (unpaired) electrons. The third-order valence-electron chi connectivity index (χ3n) is 3.86. The molecule has 1 aromatic rings. The van der Waals surface area contributed by atoms with Gasteiger partial charge in [-0.25, -0.2) is 4.79 Å². The van der Waals surface area contributed by atoms with Crippen LogP contribution in [0.15, 0.2) is 18.2 Å². The Bertz CT molecular complexity index is 533. The molecule has 0 saturated carbocycles. The largest absolute Gasteiger partial charge is 0.444 e. The number of carbonyl (C=O) groups is 1. The number of fused-ring (bicyclic) bond motifs is 5. The van der Waals surface area contributed by atoms with Crippen LogP contribution in [-0.4, -0.2) is 16.6 Å². The lowest BCUT2D eigenvalue weighted by Crippen LogP contribution is -2.34. The van der Waals surface area contributed by atoms with Gasteiger partial charge in [-0.05, 0) is 45.2 Å². The smallest absolute Gasteiger partial charge is 0.411 e. The second-order valence-electron chi connectivity index (χ2n) is 6.35. The predicted molar refractivity (Wildman–Crippen MR) is 73.6 cm³/mol. The van der Waals surface area contributed by atoms with E-state index in [2.05, 4.69) is 6.07 Å². The molecule has 4 nitrogen and oxygen atoms in total. The van der Waals surface area contributed by atoms with Gasteiger partial charge in [-0.15, -0.1) is 0 Å². The van der Waals surface area contributed by atoms with Gasteiger partial charge in [0.2, 0.25) is 0 Å². The van der Waals surface area contributed by atoms with Gasteiger partial charge in [0, 0.05) is 11.3 Å². The number of rotatable bonds is 0. The molecule has 4 heteroatoms. The predicted octanol–water partition coefficient (Wildman–Crippen LogP) is 3.40. The highest BCUT2D eigenvalue weighted by Gasteiger charge is 2.48. The summed E-state index contributed by atoms with van der Waals surface area (Å²) in [6, 6.07) is 6.18. The second-order valence-corrected chi connectivity index (χ2v) is 6.35. The number of hydrogen-bond acceptors (Lipinski definition) is 3. The molecule has 1 amide bonds. The minimum Gasteiger partial charge on any atom is -0.444 e. The minimum atomic E-state index is -0.461. The molecule has 0 aliphatic carbocycles. The average Bonchev–Trinajstić information content (AvgIpc) is 2.83. The summed E-state index contributed by atoms with van der Waals surface area (Å²) in [6.45, 7) is 5.68. The first-order valence-corrected chi connectivity index (χ1v) is 6.78. The van der Waals surface area contributed by atoms with Crippen LogP contribution in [0.3, 0.4) is 0 Å². The molecule has 2 heterocycles. The van der Waals surface area contributed by atoms with Gasteiger partial charge in [-0.1, -0.05) is 12.1 Å². The van der Waals surface area contributed by atoms with Gasteiger partial charge >= 0.3 is 6.09 Å². The van der Waals surface area contributed by atoms with E-state index in [0.717, 1.165) is 24.1 Å². The van der Waals surface area contributed by atoms with E-state index in [1.807, 2.05) is 37.8 Å². The number of anilines is 1. The van der Waals surface area contributed by atoms with E-state index in [0.29, 0.717) is 0 Å². The lowest BCUT2D eigenvalue weighted by Gasteiger charge is -2.27. The van der Waals surface area contributed by atoms with Crippen LogP contribution in [0.2, 0.25) is 0 Å². The van der Waals surface area contributed by atoms with Crippen molar-refractivity contribution in [1.29, 1.82) is 0 Å². The van der Waals surface area contributed by atoms with Gasteiger partial charge in [0.1, 0.15) is 5.60 Å². The fraction of sp³-hybridized carbons (Fsp3) is 0.533. The van der Waals surface area contributed by atoms with Crippen LogP contribution in [0.25, 0.3) is 0 Å². The number of hydrogen-bond donors (Lipinski definition) is 1. The fourth-order valence-electron chi connectivity index (χ4n) is 3.25. The van der Waals surface area contributed by atoms with E-state index >= 15 is 0 Å². The van der Waals surface area contributed by atoms with E-state index in [-0.39, 0.29) is 18.2 Å². The summed E-state index contributed by atoms with van der Waals surface area (Å²) >= 11 is 0. The third-order valence-corrected chi connectivity index (χ3v) is 3.86. The molecule has 1 saturated heterocycles. The number of amides is 1. The summed E-state index contributed by atoms with van der Waals surface area (Å²) in [5.41, 5.74) is 8.72. The van der Waals surface area contributed by atoms with Gasteiger partial charge in [-0.3, -0.25) is 4.90 Å². The molecule has 0 spiro atoms. The molecule has 1 aromatic carbocycles. The Hall–Kier alpha value is -1.71. The van der Waals surface area contributed by atoms with Crippen molar-refractivity contribution >= 4 is 11.8 Å². The zero-order chi connectivity index (χ0) is 13.8. The molecule has 2 atom stereocenters. The molecule has 2 bridgehead atoms. The monoisotopic (exact) mass is 260 g/mol. The van der Waals surface area contributed by atoms with E-state index in [1.54, 1.807) is 0 Å². The Kier molecular flexibility index (Phi) is 2.52. The van der Waals surface area contributed by atoms with Crippen molar-refractivity contribution in [2.75, 3.05) is 5.73 Å². The van der Waals surface area contributed by atoms with Crippen LogP contribution in [0.1, 0.15) is 56.8 Å². The molecular formula is C15H20N2O2. The van der Waals surface area contributed by atoms with E-state index < -0.39 is 5.60 Å². The summed E-state index contributed by atoms with van der Waals surface area (Å²) in [5.74, 6) is 0. The van der Waals surface area contributed by atoms with Crippen LogP contribution in [0, 0.1) is 0 Å². The summed E-state index contributed by atoms with van der Waals surface area (Å²) < 4.78 is 5.52. The van der Waals surface area contributed by atoms with Crippen molar-refractivity contribution in [1.82, 2.24) is 4.90 Å². The molecule has 2 aliphatic rings. The van der Waals surface area contributed by atoms with Crippen LogP contribution in [0.5, 0.6) is 0 Å². The Balaban J connectivity index is 1.93. The Morgan fingerprint density at radius 1 is 1.32 bits per heavy atom. The number of ether oxygens (including phenoxy) is 1. The normalized spacial score (nSPS) is 24.5. The minimum absolute atomic E-state index is 0.0936. The number of nitrogens with zero attached hydrogens (tertiary/aromatic N) is 1. The fourth-order valence-corrected chi connectivity index (χ4v) is 3.25. The second kappa shape index (κ2) is 3.89. The zero-order valence-electron chi connectivity index (χ0n) is 11.6. The van der Waals surface area contributed by atoms with Crippen molar-refractivity contribution in [3.8, 4) is 0 Å². The number of carbonyl (C=O) groups excluding carboxylic acids is 1. The van der Waals surface area contributed by atoms with Crippen molar-refractivity contribution in [3.63, 3.8) is 0 Å². The van der Waals surface area contributed by atoms with Gasteiger partial charge in [0.25, 0.3) is 0 Å². The Labute approximate surface area is 113 Å². The zero-order valence-corrected chi connectivity index (χ0v) is 11.6. The third kappa shape index (κ3) is 1.86. The first kappa shape index (κ1) is 12.3. The topological polar surface area (TPSA) is 55.6 Å². The molecule has 102 valence electrons. The summed E-state index contributed by atoms with van der Waals surface area (Å²) in [7, 11) is 0. The number of nitrogens with two attached hydrogens (primary N) is 1. The molecule has 2 N–H and O–H groups in total. The molecule has 3 rings (SSSR count). The first-order chi connectivity index (χ1) is 8.88. The van der Waals surface area contributed by atoms with E-state index in [4.69, 9.17) is 10.5 Å². The molecule has 19 heavy (non-hydrogen) atoms. The highest BCUT2D eigenvalue weighted by molar-refractivity contribution is 5.74. The maximum atomic E-state index is 12.4.